The van der Waals surface area contributed by atoms with Crippen LogP contribution < -0.4 is 10.6 Å². The molecule has 2 amide bonds. The smallest absolute Gasteiger partial charge is 0.334 e. The fourth-order valence-electron chi connectivity index (χ4n) is 1.29. The SMILES string of the molecule is COC(CNC(=O)NCCOCC1CC1)C(=O)O. The zero-order chi connectivity index (χ0) is 13.4. The normalized spacial score (nSPS) is 16.1. The number of carbonyl (C=O) groups excluding carboxylic acids is 1. The molecule has 1 atom stereocenters. The molecule has 1 saturated carbocycles. The van der Waals surface area contributed by atoms with E-state index in [4.69, 9.17) is 9.84 Å². The molecule has 0 aromatic carbocycles. The van der Waals surface area contributed by atoms with Gasteiger partial charge in [-0.1, -0.05) is 0 Å². The number of carboxylic acids is 1. The van der Waals surface area contributed by atoms with Crippen LogP contribution in [-0.2, 0) is 14.3 Å². The average molecular weight is 260 g/mol. The number of ether oxygens (including phenoxy) is 2. The number of hydrogen-bond donors (Lipinski definition) is 3. The van der Waals surface area contributed by atoms with Crippen LogP contribution in [0.5, 0.6) is 0 Å². The number of hydrogen-bond acceptors (Lipinski definition) is 4. The van der Waals surface area contributed by atoms with Gasteiger partial charge in [0, 0.05) is 20.3 Å². The molecular weight excluding hydrogens is 240 g/mol. The highest BCUT2D eigenvalue weighted by Gasteiger charge is 2.21. The summed E-state index contributed by atoms with van der Waals surface area (Å²) in [6.07, 6.45) is 1.45. The van der Waals surface area contributed by atoms with E-state index in [1.807, 2.05) is 0 Å². The molecule has 104 valence electrons. The number of amides is 2. The van der Waals surface area contributed by atoms with Gasteiger partial charge in [-0.05, 0) is 18.8 Å². The van der Waals surface area contributed by atoms with Crippen LogP contribution in [0.15, 0.2) is 0 Å². The third-order valence-electron chi connectivity index (χ3n) is 2.59. The summed E-state index contributed by atoms with van der Waals surface area (Å²) in [6.45, 7) is 1.56. The Bertz CT molecular complexity index is 281. The van der Waals surface area contributed by atoms with Gasteiger partial charge in [0.2, 0.25) is 0 Å². The molecule has 0 saturated heterocycles. The molecule has 0 aromatic heterocycles. The van der Waals surface area contributed by atoms with Gasteiger partial charge < -0.3 is 25.2 Å². The van der Waals surface area contributed by atoms with E-state index in [1.54, 1.807) is 0 Å². The third-order valence-corrected chi connectivity index (χ3v) is 2.59. The molecule has 7 heteroatoms. The quantitative estimate of drug-likeness (QED) is 0.499. The van der Waals surface area contributed by atoms with Gasteiger partial charge in [-0.15, -0.1) is 0 Å². The Morgan fingerprint density at radius 3 is 2.67 bits per heavy atom. The Morgan fingerprint density at radius 1 is 1.39 bits per heavy atom. The van der Waals surface area contributed by atoms with Crippen LogP contribution in [0.3, 0.4) is 0 Å². The molecular formula is C11H20N2O5. The first-order valence-corrected chi connectivity index (χ1v) is 5.98. The van der Waals surface area contributed by atoms with Crippen molar-refractivity contribution in [1.29, 1.82) is 0 Å². The van der Waals surface area contributed by atoms with Crippen molar-refractivity contribution in [2.45, 2.75) is 18.9 Å². The largest absolute Gasteiger partial charge is 0.479 e. The molecule has 1 rings (SSSR count). The molecule has 0 radical (unpaired) electrons. The van der Waals surface area contributed by atoms with E-state index in [0.29, 0.717) is 19.1 Å². The van der Waals surface area contributed by atoms with Crippen molar-refractivity contribution < 1.29 is 24.2 Å². The highest BCUT2D eigenvalue weighted by atomic mass is 16.5. The summed E-state index contributed by atoms with van der Waals surface area (Å²) in [6, 6.07) is -0.423. The van der Waals surface area contributed by atoms with Crippen molar-refractivity contribution in [3.05, 3.63) is 0 Å². The van der Waals surface area contributed by atoms with Crippen LogP contribution in [0.25, 0.3) is 0 Å². The van der Waals surface area contributed by atoms with Crippen molar-refractivity contribution in [2.24, 2.45) is 5.92 Å². The number of carboxylic acid groups (broad SMARTS) is 1. The minimum absolute atomic E-state index is 0.0689. The van der Waals surface area contributed by atoms with Crippen LogP contribution in [0.2, 0.25) is 0 Å². The topological polar surface area (TPSA) is 96.9 Å². The summed E-state index contributed by atoms with van der Waals surface area (Å²) in [5.74, 6) is -0.401. The lowest BCUT2D eigenvalue weighted by molar-refractivity contribution is -0.147. The van der Waals surface area contributed by atoms with E-state index in [9.17, 15) is 9.59 Å². The Kier molecular flexibility index (Phi) is 6.45. The van der Waals surface area contributed by atoms with Gasteiger partial charge in [0.05, 0.1) is 13.2 Å². The van der Waals surface area contributed by atoms with Crippen LogP contribution in [0, 0.1) is 5.92 Å². The third kappa shape index (κ3) is 6.41. The summed E-state index contributed by atoms with van der Waals surface area (Å²) < 4.78 is 10.0. The van der Waals surface area contributed by atoms with Crippen LogP contribution in [0.1, 0.15) is 12.8 Å². The van der Waals surface area contributed by atoms with Gasteiger partial charge in [-0.2, -0.15) is 0 Å². The minimum Gasteiger partial charge on any atom is -0.479 e. The van der Waals surface area contributed by atoms with Gasteiger partial charge in [-0.3, -0.25) is 0 Å². The maximum absolute atomic E-state index is 11.3. The molecule has 7 nitrogen and oxygen atoms in total. The Morgan fingerprint density at radius 2 is 2.11 bits per heavy atom. The van der Waals surface area contributed by atoms with E-state index in [0.717, 1.165) is 6.61 Å². The summed E-state index contributed by atoms with van der Waals surface area (Å²) in [7, 11) is 1.28. The highest BCUT2D eigenvalue weighted by Crippen LogP contribution is 2.28. The Labute approximate surface area is 106 Å². The fourth-order valence-corrected chi connectivity index (χ4v) is 1.29. The molecule has 0 spiro atoms. The monoisotopic (exact) mass is 260 g/mol. The second-order valence-electron chi connectivity index (χ2n) is 4.22. The van der Waals surface area contributed by atoms with Gasteiger partial charge in [0.1, 0.15) is 0 Å². The zero-order valence-corrected chi connectivity index (χ0v) is 10.5. The first-order chi connectivity index (χ1) is 8.63. The summed E-state index contributed by atoms with van der Waals surface area (Å²) in [4.78, 5) is 21.9. The Balaban J connectivity index is 1.96. The van der Waals surface area contributed by atoms with E-state index >= 15 is 0 Å². The lowest BCUT2D eigenvalue weighted by Gasteiger charge is -2.12. The first kappa shape index (κ1) is 14.7. The number of aliphatic carboxylic acids is 1. The second-order valence-corrected chi connectivity index (χ2v) is 4.22. The van der Waals surface area contributed by atoms with Crippen LogP contribution in [0.4, 0.5) is 4.79 Å². The maximum Gasteiger partial charge on any atom is 0.334 e. The average Bonchev–Trinajstić information content (AvgIpc) is 3.13. The van der Waals surface area contributed by atoms with E-state index < -0.39 is 18.1 Å². The maximum atomic E-state index is 11.3. The molecule has 0 heterocycles. The van der Waals surface area contributed by atoms with Gasteiger partial charge in [0.25, 0.3) is 0 Å². The van der Waals surface area contributed by atoms with Gasteiger partial charge in [0.15, 0.2) is 6.10 Å². The van der Waals surface area contributed by atoms with E-state index in [-0.39, 0.29) is 6.54 Å². The van der Waals surface area contributed by atoms with Crippen molar-refractivity contribution in [3.63, 3.8) is 0 Å². The lowest BCUT2D eigenvalue weighted by atomic mass is 10.3. The number of urea groups is 1. The number of nitrogens with one attached hydrogen (secondary N) is 2. The molecule has 0 aromatic rings. The molecule has 0 aliphatic heterocycles. The standard InChI is InChI=1S/C11H20N2O5/c1-17-9(10(14)15)6-13-11(16)12-4-5-18-7-8-2-3-8/h8-9H,2-7H2,1H3,(H,14,15)(H2,12,13,16). The summed E-state index contributed by atoms with van der Waals surface area (Å²) in [5.41, 5.74) is 0. The van der Waals surface area contributed by atoms with Gasteiger partial charge >= 0.3 is 12.0 Å². The van der Waals surface area contributed by atoms with Crippen LogP contribution >= 0.6 is 0 Å². The van der Waals surface area contributed by atoms with Crippen molar-refractivity contribution in [2.75, 3.05) is 33.4 Å². The van der Waals surface area contributed by atoms with Crippen molar-refractivity contribution in [3.8, 4) is 0 Å². The zero-order valence-electron chi connectivity index (χ0n) is 10.5. The number of carbonyl (C=O) groups is 2. The molecule has 18 heavy (non-hydrogen) atoms. The summed E-state index contributed by atoms with van der Waals surface area (Å²) >= 11 is 0. The predicted octanol–water partition coefficient (Wildman–Crippen LogP) is -0.188. The lowest BCUT2D eigenvalue weighted by Crippen LogP contribution is -2.43. The molecule has 3 N–H and O–H groups in total. The van der Waals surface area contributed by atoms with E-state index in [2.05, 4.69) is 15.4 Å². The van der Waals surface area contributed by atoms with Crippen molar-refractivity contribution in [1.82, 2.24) is 10.6 Å². The number of rotatable bonds is 9. The second kappa shape index (κ2) is 7.88. The molecule has 1 aliphatic carbocycles. The molecule has 1 fully saturated rings. The molecule has 0 bridgehead atoms. The fraction of sp³-hybridized carbons (Fsp3) is 0.818. The van der Waals surface area contributed by atoms with Crippen LogP contribution in [-0.4, -0.2) is 56.6 Å². The predicted molar refractivity (Wildman–Crippen MR) is 63.4 cm³/mol. The number of methoxy groups -OCH3 is 1. The highest BCUT2D eigenvalue weighted by molar-refractivity contribution is 5.76. The summed E-state index contributed by atoms with van der Waals surface area (Å²) in [5, 5.41) is 13.7. The molecule has 1 aliphatic rings. The first-order valence-electron chi connectivity index (χ1n) is 5.98. The molecule has 1 unspecified atom stereocenters. The van der Waals surface area contributed by atoms with Crippen molar-refractivity contribution >= 4 is 12.0 Å². The van der Waals surface area contributed by atoms with Gasteiger partial charge in [-0.25, -0.2) is 9.59 Å². The Hall–Kier alpha value is -1.34. The van der Waals surface area contributed by atoms with E-state index in [1.165, 1.54) is 20.0 Å². The minimum atomic E-state index is -1.11.